The van der Waals surface area contributed by atoms with Crippen LogP contribution >= 0.6 is 0 Å². The number of fused-ring (bicyclic) bond motifs is 1. The number of anilines is 1. The highest BCUT2D eigenvalue weighted by Crippen LogP contribution is 2.31. The fourth-order valence-electron chi connectivity index (χ4n) is 2.02. The number of carbonyl (C=O) groups excluding carboxylic acids is 2. The molecule has 1 aromatic carbocycles. The van der Waals surface area contributed by atoms with E-state index < -0.39 is 35.6 Å². The lowest BCUT2D eigenvalue weighted by Crippen LogP contribution is -2.52. The molecule has 0 aliphatic carbocycles. The molecule has 1 aromatic rings. The van der Waals surface area contributed by atoms with Crippen LogP contribution < -0.4 is 15.4 Å². The van der Waals surface area contributed by atoms with Crippen LogP contribution in [0.5, 0.6) is 5.75 Å². The minimum absolute atomic E-state index is 0.0344. The molecular weight excluding hydrogens is 291 g/mol. The molecule has 0 fully saturated rings. The molecule has 2 N–H and O–H groups in total. The number of hydrogen-bond acceptors (Lipinski definition) is 4. The van der Waals surface area contributed by atoms with Crippen LogP contribution in [-0.2, 0) is 9.53 Å². The van der Waals surface area contributed by atoms with Crippen molar-refractivity contribution >= 4 is 17.7 Å². The lowest BCUT2D eigenvalue weighted by molar-refractivity contribution is -0.119. The van der Waals surface area contributed by atoms with E-state index in [2.05, 4.69) is 10.6 Å². The molecule has 2 amide bonds. The highest BCUT2D eigenvalue weighted by molar-refractivity contribution is 5.99. The van der Waals surface area contributed by atoms with Gasteiger partial charge in [0.15, 0.2) is 5.82 Å². The Hall–Kier alpha value is -2.31. The summed E-state index contributed by atoms with van der Waals surface area (Å²) in [5.41, 5.74) is -0.724. The molecule has 1 aliphatic heterocycles. The molecule has 0 bridgehead atoms. The van der Waals surface area contributed by atoms with Crippen molar-refractivity contribution in [2.24, 2.45) is 0 Å². The van der Waals surface area contributed by atoms with Crippen LogP contribution in [0.2, 0.25) is 0 Å². The summed E-state index contributed by atoms with van der Waals surface area (Å²) in [6.45, 7) is 6.75. The average Bonchev–Trinajstić information content (AvgIpc) is 2.48. The monoisotopic (exact) mass is 310 g/mol. The molecule has 1 heterocycles. The fourth-order valence-corrected chi connectivity index (χ4v) is 2.02. The molecule has 0 saturated carbocycles. The van der Waals surface area contributed by atoms with Gasteiger partial charge in [0.05, 0.1) is 0 Å². The summed E-state index contributed by atoms with van der Waals surface area (Å²) < 4.78 is 24.4. The number of amides is 2. The third kappa shape index (κ3) is 3.66. The van der Waals surface area contributed by atoms with Crippen LogP contribution in [0, 0.1) is 5.82 Å². The summed E-state index contributed by atoms with van der Waals surface area (Å²) in [5, 5.41) is 4.88. The summed E-state index contributed by atoms with van der Waals surface area (Å²) >= 11 is 0. The number of halogens is 1. The van der Waals surface area contributed by atoms with Crippen LogP contribution in [-0.4, -0.2) is 29.7 Å². The summed E-state index contributed by atoms with van der Waals surface area (Å²) in [4.78, 5) is 24.0. The highest BCUT2D eigenvalue weighted by Gasteiger charge is 2.34. The molecule has 0 radical (unpaired) electrons. The standard InChI is InChI=1S/C15H19FN2O4/c1-8-11(18-14(20)22-15(2,3)4)13(19)17-12-9(16)6-5-7-10(12)21-8/h5-8,11H,1-4H3,(H,17,19)(H,18,20)/t8-,11+/m1/s1. The van der Waals surface area contributed by atoms with Crippen molar-refractivity contribution < 1.29 is 23.5 Å². The van der Waals surface area contributed by atoms with Crippen LogP contribution in [0.1, 0.15) is 27.7 Å². The van der Waals surface area contributed by atoms with Crippen molar-refractivity contribution in [1.82, 2.24) is 5.32 Å². The third-order valence-electron chi connectivity index (χ3n) is 2.96. The molecular formula is C15H19FN2O4. The molecule has 6 nitrogen and oxygen atoms in total. The van der Waals surface area contributed by atoms with E-state index in [9.17, 15) is 14.0 Å². The normalized spacial score (nSPS) is 21.0. The number of para-hydroxylation sites is 1. The van der Waals surface area contributed by atoms with Gasteiger partial charge in [-0.3, -0.25) is 4.79 Å². The van der Waals surface area contributed by atoms with Crippen molar-refractivity contribution in [2.45, 2.75) is 45.4 Å². The van der Waals surface area contributed by atoms with Gasteiger partial charge in [-0.05, 0) is 39.8 Å². The van der Waals surface area contributed by atoms with Gasteiger partial charge in [-0.25, -0.2) is 9.18 Å². The first-order valence-corrected chi connectivity index (χ1v) is 6.93. The number of rotatable bonds is 1. The number of nitrogens with one attached hydrogen (secondary N) is 2. The molecule has 0 unspecified atom stereocenters. The first-order valence-electron chi connectivity index (χ1n) is 6.93. The van der Waals surface area contributed by atoms with E-state index in [1.54, 1.807) is 33.8 Å². The van der Waals surface area contributed by atoms with Gasteiger partial charge in [-0.1, -0.05) is 6.07 Å². The predicted octanol–water partition coefficient (Wildman–Crippen LogP) is 2.44. The van der Waals surface area contributed by atoms with E-state index in [0.717, 1.165) is 0 Å². The zero-order valence-corrected chi connectivity index (χ0v) is 12.9. The largest absolute Gasteiger partial charge is 0.486 e. The summed E-state index contributed by atoms with van der Waals surface area (Å²) in [6.07, 6.45) is -1.43. The highest BCUT2D eigenvalue weighted by atomic mass is 19.1. The Balaban J connectivity index is 2.17. The lowest BCUT2D eigenvalue weighted by atomic mass is 10.1. The van der Waals surface area contributed by atoms with Gasteiger partial charge >= 0.3 is 6.09 Å². The Morgan fingerprint density at radius 3 is 2.73 bits per heavy atom. The van der Waals surface area contributed by atoms with Gasteiger partial charge < -0.3 is 20.1 Å². The van der Waals surface area contributed by atoms with Crippen molar-refractivity contribution in [3.63, 3.8) is 0 Å². The Morgan fingerprint density at radius 2 is 2.09 bits per heavy atom. The molecule has 2 atom stereocenters. The maximum absolute atomic E-state index is 13.8. The molecule has 120 valence electrons. The topological polar surface area (TPSA) is 76.7 Å². The lowest BCUT2D eigenvalue weighted by Gasteiger charge is -2.24. The summed E-state index contributed by atoms with van der Waals surface area (Å²) in [7, 11) is 0. The zero-order valence-electron chi connectivity index (χ0n) is 12.9. The first kappa shape index (κ1) is 16.1. The second kappa shape index (κ2) is 5.82. The third-order valence-corrected chi connectivity index (χ3v) is 2.96. The number of hydrogen-bond donors (Lipinski definition) is 2. The second-order valence-electron chi connectivity index (χ2n) is 6.05. The Labute approximate surface area is 128 Å². The second-order valence-corrected chi connectivity index (χ2v) is 6.05. The molecule has 2 rings (SSSR count). The van der Waals surface area contributed by atoms with Crippen LogP contribution in [0.25, 0.3) is 0 Å². The predicted molar refractivity (Wildman–Crippen MR) is 78.3 cm³/mol. The van der Waals surface area contributed by atoms with Gasteiger partial charge in [-0.2, -0.15) is 0 Å². The Bertz CT molecular complexity index is 598. The Kier molecular flexibility index (Phi) is 4.25. The minimum Gasteiger partial charge on any atom is -0.486 e. The quantitative estimate of drug-likeness (QED) is 0.835. The maximum Gasteiger partial charge on any atom is 0.408 e. The maximum atomic E-state index is 13.8. The van der Waals surface area contributed by atoms with E-state index in [-0.39, 0.29) is 11.4 Å². The molecule has 0 aromatic heterocycles. The van der Waals surface area contributed by atoms with E-state index in [0.29, 0.717) is 0 Å². The van der Waals surface area contributed by atoms with Crippen LogP contribution in [0.4, 0.5) is 14.9 Å². The van der Waals surface area contributed by atoms with Crippen molar-refractivity contribution in [2.75, 3.05) is 5.32 Å². The molecule has 22 heavy (non-hydrogen) atoms. The van der Waals surface area contributed by atoms with Crippen molar-refractivity contribution in [3.8, 4) is 5.75 Å². The van der Waals surface area contributed by atoms with E-state index in [4.69, 9.17) is 9.47 Å². The SMILES string of the molecule is C[C@H]1Oc2cccc(F)c2NC(=O)[C@H]1NC(=O)OC(C)(C)C. The molecule has 0 spiro atoms. The number of alkyl carbamates (subject to hydrolysis) is 1. The van der Waals surface area contributed by atoms with Crippen molar-refractivity contribution in [3.05, 3.63) is 24.0 Å². The number of carbonyl (C=O) groups is 2. The van der Waals surface area contributed by atoms with Gasteiger partial charge in [-0.15, -0.1) is 0 Å². The smallest absolute Gasteiger partial charge is 0.408 e. The van der Waals surface area contributed by atoms with E-state index in [1.165, 1.54) is 12.1 Å². The van der Waals surface area contributed by atoms with Crippen LogP contribution in [0.15, 0.2) is 18.2 Å². The number of benzene rings is 1. The average molecular weight is 310 g/mol. The molecule has 0 saturated heterocycles. The first-order chi connectivity index (χ1) is 10.2. The van der Waals surface area contributed by atoms with Gasteiger partial charge in [0, 0.05) is 0 Å². The molecule has 7 heteroatoms. The number of ether oxygens (including phenoxy) is 2. The summed E-state index contributed by atoms with van der Waals surface area (Å²) in [6, 6.07) is 3.25. The van der Waals surface area contributed by atoms with E-state index >= 15 is 0 Å². The molecule has 1 aliphatic rings. The van der Waals surface area contributed by atoms with Crippen molar-refractivity contribution in [1.29, 1.82) is 0 Å². The zero-order chi connectivity index (χ0) is 16.5. The fraction of sp³-hybridized carbons (Fsp3) is 0.467. The van der Waals surface area contributed by atoms with Gasteiger partial charge in [0.2, 0.25) is 0 Å². The summed E-state index contributed by atoms with van der Waals surface area (Å²) in [5.74, 6) is -0.951. The van der Waals surface area contributed by atoms with Crippen LogP contribution in [0.3, 0.4) is 0 Å². The Morgan fingerprint density at radius 1 is 1.41 bits per heavy atom. The van der Waals surface area contributed by atoms with Gasteiger partial charge in [0.1, 0.15) is 29.2 Å². The van der Waals surface area contributed by atoms with E-state index in [1.807, 2.05) is 0 Å². The minimum atomic E-state index is -0.998. The van der Waals surface area contributed by atoms with Gasteiger partial charge in [0.25, 0.3) is 5.91 Å².